The summed E-state index contributed by atoms with van der Waals surface area (Å²) >= 11 is 3.50. The average molecular weight is 270 g/mol. The zero-order valence-corrected chi connectivity index (χ0v) is 11.6. The van der Waals surface area contributed by atoms with Gasteiger partial charge in [-0.1, -0.05) is 35.0 Å². The maximum absolute atomic E-state index is 3.63. The van der Waals surface area contributed by atoms with E-state index in [4.69, 9.17) is 0 Å². The first-order chi connectivity index (χ1) is 6.94. The third-order valence-electron chi connectivity index (χ3n) is 2.84. The van der Waals surface area contributed by atoms with Gasteiger partial charge >= 0.3 is 0 Å². The topological polar surface area (TPSA) is 12.0 Å². The van der Waals surface area contributed by atoms with E-state index in [0.29, 0.717) is 6.04 Å². The van der Waals surface area contributed by atoms with Crippen LogP contribution in [0.4, 0.5) is 0 Å². The molecular formula is C13H20BrN. The van der Waals surface area contributed by atoms with Crippen LogP contribution in [0, 0.1) is 0 Å². The SMILES string of the molecule is CCC(C)(C)NC(C)c1cccc(Br)c1. The summed E-state index contributed by atoms with van der Waals surface area (Å²) in [5.74, 6) is 0. The second-order valence-corrected chi connectivity index (χ2v) is 5.57. The Morgan fingerprint density at radius 1 is 1.40 bits per heavy atom. The van der Waals surface area contributed by atoms with Crippen molar-refractivity contribution in [3.05, 3.63) is 34.3 Å². The lowest BCUT2D eigenvalue weighted by Gasteiger charge is -2.29. The first kappa shape index (κ1) is 12.7. The smallest absolute Gasteiger partial charge is 0.0297 e. The summed E-state index contributed by atoms with van der Waals surface area (Å²) in [6, 6.07) is 8.85. The zero-order chi connectivity index (χ0) is 11.5. The molecule has 84 valence electrons. The van der Waals surface area contributed by atoms with Crippen molar-refractivity contribution in [2.24, 2.45) is 0 Å². The van der Waals surface area contributed by atoms with E-state index in [1.807, 2.05) is 0 Å². The van der Waals surface area contributed by atoms with Crippen molar-refractivity contribution in [2.45, 2.75) is 45.7 Å². The largest absolute Gasteiger partial charge is 0.305 e. The number of nitrogens with one attached hydrogen (secondary N) is 1. The van der Waals surface area contributed by atoms with E-state index < -0.39 is 0 Å². The van der Waals surface area contributed by atoms with Crippen molar-refractivity contribution in [1.82, 2.24) is 5.32 Å². The van der Waals surface area contributed by atoms with Crippen LogP contribution < -0.4 is 5.32 Å². The van der Waals surface area contributed by atoms with Crippen molar-refractivity contribution < 1.29 is 0 Å². The lowest BCUT2D eigenvalue weighted by molar-refractivity contribution is 0.337. The molecule has 0 amide bonds. The summed E-state index contributed by atoms with van der Waals surface area (Å²) in [5, 5.41) is 3.63. The molecule has 0 heterocycles. The molecule has 0 spiro atoms. The molecular weight excluding hydrogens is 250 g/mol. The van der Waals surface area contributed by atoms with Crippen LogP contribution in [0.25, 0.3) is 0 Å². The van der Waals surface area contributed by atoms with Gasteiger partial charge in [0.15, 0.2) is 0 Å². The van der Waals surface area contributed by atoms with Crippen LogP contribution in [0.1, 0.15) is 45.7 Å². The molecule has 1 N–H and O–H groups in total. The van der Waals surface area contributed by atoms with Crippen LogP contribution in [0.2, 0.25) is 0 Å². The minimum atomic E-state index is 0.196. The van der Waals surface area contributed by atoms with Crippen molar-refractivity contribution >= 4 is 15.9 Å². The van der Waals surface area contributed by atoms with E-state index in [2.05, 4.69) is 73.2 Å². The highest BCUT2D eigenvalue weighted by atomic mass is 79.9. The lowest BCUT2D eigenvalue weighted by atomic mass is 9.98. The number of hydrogen-bond donors (Lipinski definition) is 1. The summed E-state index contributed by atoms with van der Waals surface area (Å²) in [6.07, 6.45) is 1.13. The minimum absolute atomic E-state index is 0.196. The fourth-order valence-electron chi connectivity index (χ4n) is 1.55. The molecule has 0 aliphatic carbocycles. The van der Waals surface area contributed by atoms with E-state index in [1.165, 1.54) is 5.56 Å². The molecule has 0 aromatic heterocycles. The monoisotopic (exact) mass is 269 g/mol. The van der Waals surface area contributed by atoms with Gasteiger partial charge in [0.25, 0.3) is 0 Å². The Bertz CT molecular complexity index is 320. The molecule has 0 saturated heterocycles. The van der Waals surface area contributed by atoms with Crippen LogP contribution in [-0.2, 0) is 0 Å². The fraction of sp³-hybridized carbons (Fsp3) is 0.538. The van der Waals surface area contributed by atoms with Gasteiger partial charge in [0.2, 0.25) is 0 Å². The Morgan fingerprint density at radius 2 is 2.07 bits per heavy atom. The summed E-state index contributed by atoms with van der Waals surface area (Å²) in [4.78, 5) is 0. The highest BCUT2D eigenvalue weighted by molar-refractivity contribution is 9.10. The average Bonchev–Trinajstić information content (AvgIpc) is 2.17. The lowest BCUT2D eigenvalue weighted by Crippen LogP contribution is -2.40. The Balaban J connectivity index is 2.73. The second kappa shape index (κ2) is 5.13. The number of benzene rings is 1. The van der Waals surface area contributed by atoms with Gasteiger partial charge < -0.3 is 5.32 Å². The first-order valence-corrected chi connectivity index (χ1v) is 6.27. The standard InChI is InChI=1S/C13H20BrN/c1-5-13(3,4)15-10(2)11-7-6-8-12(14)9-11/h6-10,15H,5H2,1-4H3. The maximum atomic E-state index is 3.63. The summed E-state index contributed by atoms with van der Waals surface area (Å²) in [7, 11) is 0. The number of halogens is 1. The van der Waals surface area contributed by atoms with Crippen LogP contribution >= 0.6 is 15.9 Å². The quantitative estimate of drug-likeness (QED) is 0.860. The van der Waals surface area contributed by atoms with Gasteiger partial charge in [0.1, 0.15) is 0 Å². The van der Waals surface area contributed by atoms with Crippen LogP contribution in [0.15, 0.2) is 28.7 Å². The van der Waals surface area contributed by atoms with E-state index >= 15 is 0 Å². The molecule has 2 heteroatoms. The number of hydrogen-bond acceptors (Lipinski definition) is 1. The molecule has 1 aromatic carbocycles. The molecule has 15 heavy (non-hydrogen) atoms. The first-order valence-electron chi connectivity index (χ1n) is 5.48. The summed E-state index contributed by atoms with van der Waals surface area (Å²) < 4.78 is 1.14. The maximum Gasteiger partial charge on any atom is 0.0297 e. The Kier molecular flexibility index (Phi) is 4.35. The van der Waals surface area contributed by atoms with E-state index in [9.17, 15) is 0 Å². The normalized spacial score (nSPS) is 13.9. The Hall–Kier alpha value is -0.340. The molecule has 1 aromatic rings. The van der Waals surface area contributed by atoms with E-state index in [-0.39, 0.29) is 5.54 Å². The van der Waals surface area contributed by atoms with Crippen molar-refractivity contribution in [3.8, 4) is 0 Å². The van der Waals surface area contributed by atoms with Crippen LogP contribution in [0.3, 0.4) is 0 Å². The molecule has 1 rings (SSSR count). The van der Waals surface area contributed by atoms with Crippen molar-refractivity contribution in [3.63, 3.8) is 0 Å². The van der Waals surface area contributed by atoms with E-state index in [0.717, 1.165) is 10.9 Å². The minimum Gasteiger partial charge on any atom is -0.305 e. The van der Waals surface area contributed by atoms with E-state index in [1.54, 1.807) is 0 Å². The molecule has 0 saturated carbocycles. The van der Waals surface area contributed by atoms with Gasteiger partial charge in [-0.3, -0.25) is 0 Å². The van der Waals surface area contributed by atoms with Crippen LogP contribution in [-0.4, -0.2) is 5.54 Å². The predicted octanol–water partition coefficient (Wildman–Crippen LogP) is 4.29. The highest BCUT2D eigenvalue weighted by Crippen LogP contribution is 2.21. The predicted molar refractivity (Wildman–Crippen MR) is 70.1 cm³/mol. The Labute approximate surface area is 101 Å². The van der Waals surface area contributed by atoms with Gasteiger partial charge in [-0.05, 0) is 44.9 Å². The van der Waals surface area contributed by atoms with Gasteiger partial charge in [0.05, 0.1) is 0 Å². The molecule has 1 atom stereocenters. The van der Waals surface area contributed by atoms with Crippen molar-refractivity contribution in [1.29, 1.82) is 0 Å². The molecule has 0 aliphatic rings. The van der Waals surface area contributed by atoms with Gasteiger partial charge in [-0.2, -0.15) is 0 Å². The third-order valence-corrected chi connectivity index (χ3v) is 3.33. The molecule has 0 radical (unpaired) electrons. The van der Waals surface area contributed by atoms with Gasteiger partial charge in [-0.25, -0.2) is 0 Å². The second-order valence-electron chi connectivity index (χ2n) is 4.66. The molecule has 0 aliphatic heterocycles. The van der Waals surface area contributed by atoms with Gasteiger partial charge in [0, 0.05) is 16.1 Å². The molecule has 1 nitrogen and oxygen atoms in total. The zero-order valence-electron chi connectivity index (χ0n) is 9.97. The number of rotatable bonds is 4. The van der Waals surface area contributed by atoms with Gasteiger partial charge in [-0.15, -0.1) is 0 Å². The highest BCUT2D eigenvalue weighted by Gasteiger charge is 2.18. The Morgan fingerprint density at radius 3 is 2.60 bits per heavy atom. The third kappa shape index (κ3) is 3.96. The molecule has 1 unspecified atom stereocenters. The fourth-order valence-corrected chi connectivity index (χ4v) is 1.96. The van der Waals surface area contributed by atoms with Crippen molar-refractivity contribution in [2.75, 3.05) is 0 Å². The summed E-state index contributed by atoms with van der Waals surface area (Å²) in [6.45, 7) is 8.89. The molecule has 0 bridgehead atoms. The molecule has 0 fully saturated rings. The van der Waals surface area contributed by atoms with Crippen LogP contribution in [0.5, 0.6) is 0 Å². The summed E-state index contributed by atoms with van der Waals surface area (Å²) in [5.41, 5.74) is 1.52.